The second-order valence-electron chi connectivity index (χ2n) is 6.75. The molecule has 1 aliphatic heterocycles. The van der Waals surface area contributed by atoms with Crippen LogP contribution in [0, 0.1) is 6.92 Å². The summed E-state index contributed by atoms with van der Waals surface area (Å²) in [6.45, 7) is 4.42. The van der Waals surface area contributed by atoms with E-state index in [4.69, 9.17) is 26.8 Å². The van der Waals surface area contributed by atoms with Crippen molar-refractivity contribution in [1.29, 1.82) is 0 Å². The fraction of sp³-hybridized carbons (Fsp3) is 0.400. The number of nitrogens with two attached hydrogens (primary N) is 1. The second kappa shape index (κ2) is 8.62. The molecule has 0 radical (unpaired) electrons. The van der Waals surface area contributed by atoms with Crippen LogP contribution in [0.5, 0.6) is 11.5 Å². The van der Waals surface area contributed by atoms with Gasteiger partial charge in [0.25, 0.3) is 0 Å². The lowest BCUT2D eigenvalue weighted by Crippen LogP contribution is -2.35. The first kappa shape index (κ1) is 18.8. The first-order chi connectivity index (χ1) is 12.5. The van der Waals surface area contributed by atoms with Crippen molar-refractivity contribution >= 4 is 17.3 Å². The molecular formula is C20H25ClN2O3. The number of aryl methyl sites for hydroxylation is 1. The number of likely N-dealkylation sites (tertiary alicyclic amines) is 1. The van der Waals surface area contributed by atoms with E-state index >= 15 is 0 Å². The molecule has 2 atom stereocenters. The minimum atomic E-state index is -0.579. The van der Waals surface area contributed by atoms with E-state index in [2.05, 4.69) is 4.90 Å². The minimum Gasteiger partial charge on any atom is -0.489 e. The molecule has 0 aromatic heterocycles. The molecule has 2 aromatic carbocycles. The Kier molecular flexibility index (Phi) is 6.25. The Hall–Kier alpha value is -1.95. The predicted octanol–water partition coefficient (Wildman–Crippen LogP) is 3.12. The van der Waals surface area contributed by atoms with E-state index < -0.39 is 6.10 Å². The summed E-state index contributed by atoms with van der Waals surface area (Å²) in [4.78, 5) is 2.19. The van der Waals surface area contributed by atoms with E-state index in [9.17, 15) is 5.11 Å². The third-order valence-electron chi connectivity index (χ3n) is 4.41. The molecule has 0 amide bonds. The average molecular weight is 377 g/mol. The number of aliphatic hydroxyl groups is 1. The smallest absolute Gasteiger partial charge is 0.142 e. The van der Waals surface area contributed by atoms with Gasteiger partial charge in [0.1, 0.15) is 30.3 Å². The first-order valence-corrected chi connectivity index (χ1v) is 9.19. The molecule has 2 unspecified atom stereocenters. The van der Waals surface area contributed by atoms with Crippen LogP contribution in [0.2, 0.25) is 5.02 Å². The van der Waals surface area contributed by atoms with Gasteiger partial charge in [-0.25, -0.2) is 0 Å². The van der Waals surface area contributed by atoms with Crippen LogP contribution in [0.1, 0.15) is 12.0 Å². The zero-order chi connectivity index (χ0) is 18.5. The Bertz CT molecular complexity index is 723. The Morgan fingerprint density at radius 2 is 2.04 bits per heavy atom. The second-order valence-corrected chi connectivity index (χ2v) is 7.18. The van der Waals surface area contributed by atoms with E-state index in [0.717, 1.165) is 30.8 Å². The lowest BCUT2D eigenvalue weighted by Gasteiger charge is -2.21. The largest absolute Gasteiger partial charge is 0.489 e. The van der Waals surface area contributed by atoms with Gasteiger partial charge in [0, 0.05) is 24.7 Å². The number of nitrogens with zero attached hydrogens (tertiary/aromatic N) is 1. The van der Waals surface area contributed by atoms with Gasteiger partial charge in [-0.3, -0.25) is 4.90 Å². The van der Waals surface area contributed by atoms with E-state index in [1.807, 2.05) is 49.4 Å². The zero-order valence-electron chi connectivity index (χ0n) is 14.9. The van der Waals surface area contributed by atoms with Gasteiger partial charge in [-0.15, -0.1) is 0 Å². The Labute approximate surface area is 159 Å². The van der Waals surface area contributed by atoms with Crippen LogP contribution >= 0.6 is 11.6 Å². The normalized spacial score (nSPS) is 18.7. The van der Waals surface area contributed by atoms with Crippen molar-refractivity contribution < 1.29 is 14.6 Å². The summed E-state index contributed by atoms with van der Waals surface area (Å²) in [6.07, 6.45) is 0.474. The third-order valence-corrected chi connectivity index (χ3v) is 4.67. The maximum atomic E-state index is 10.3. The average Bonchev–Trinajstić information content (AvgIpc) is 3.04. The van der Waals surface area contributed by atoms with Gasteiger partial charge < -0.3 is 20.3 Å². The van der Waals surface area contributed by atoms with E-state index in [1.165, 1.54) is 0 Å². The van der Waals surface area contributed by atoms with Crippen LogP contribution in [0.15, 0.2) is 42.5 Å². The lowest BCUT2D eigenvalue weighted by molar-refractivity contribution is 0.0722. The summed E-state index contributed by atoms with van der Waals surface area (Å²) in [5.74, 6) is 1.44. The molecule has 0 spiro atoms. The Morgan fingerprint density at radius 1 is 1.27 bits per heavy atom. The van der Waals surface area contributed by atoms with Gasteiger partial charge in [0.05, 0.1) is 5.69 Å². The molecule has 2 aromatic rings. The van der Waals surface area contributed by atoms with Crippen LogP contribution in [0.4, 0.5) is 5.69 Å². The SMILES string of the molecule is Cc1ccc(N)c(OCC(O)CN2CCC(Oc3ccc(Cl)cc3)C2)c1. The Morgan fingerprint density at radius 3 is 2.81 bits per heavy atom. The molecule has 140 valence electrons. The third kappa shape index (κ3) is 5.27. The highest BCUT2D eigenvalue weighted by Crippen LogP contribution is 2.23. The number of aliphatic hydroxyl groups excluding tert-OH is 1. The van der Waals surface area contributed by atoms with E-state index in [0.29, 0.717) is 23.0 Å². The topological polar surface area (TPSA) is 68.0 Å². The number of β-amino-alcohol motifs (C(OH)–C–C–N with tert-alkyl or cyclic N) is 1. The number of hydrogen-bond acceptors (Lipinski definition) is 5. The molecule has 6 heteroatoms. The number of halogens is 1. The summed E-state index contributed by atoms with van der Waals surface area (Å²) < 4.78 is 11.6. The molecule has 3 rings (SSSR count). The number of ether oxygens (including phenoxy) is 2. The number of rotatable bonds is 7. The molecule has 1 saturated heterocycles. The highest BCUT2D eigenvalue weighted by molar-refractivity contribution is 6.30. The molecule has 1 aliphatic rings. The van der Waals surface area contributed by atoms with E-state index in [-0.39, 0.29) is 12.7 Å². The standard InChI is InChI=1S/C20H25ClN2O3/c1-14-2-7-19(22)20(10-14)25-13-16(24)11-23-9-8-18(12-23)26-17-5-3-15(21)4-6-17/h2-7,10,16,18,24H,8-9,11-13,22H2,1H3. The summed E-state index contributed by atoms with van der Waals surface area (Å²) in [5, 5.41) is 11.0. The molecule has 26 heavy (non-hydrogen) atoms. The summed E-state index contributed by atoms with van der Waals surface area (Å²) in [7, 11) is 0. The molecule has 0 bridgehead atoms. The highest BCUT2D eigenvalue weighted by atomic mass is 35.5. The predicted molar refractivity (Wildman–Crippen MR) is 104 cm³/mol. The summed E-state index contributed by atoms with van der Waals surface area (Å²) >= 11 is 5.89. The van der Waals surface area contributed by atoms with Crippen molar-refractivity contribution in [2.24, 2.45) is 0 Å². The molecule has 3 N–H and O–H groups in total. The van der Waals surface area contributed by atoms with E-state index in [1.54, 1.807) is 0 Å². The highest BCUT2D eigenvalue weighted by Gasteiger charge is 2.25. The van der Waals surface area contributed by atoms with Gasteiger partial charge in [0.15, 0.2) is 0 Å². The molecule has 0 aliphatic carbocycles. The number of anilines is 1. The number of benzene rings is 2. The Balaban J connectivity index is 1.43. The molecule has 1 fully saturated rings. The maximum Gasteiger partial charge on any atom is 0.142 e. The van der Waals surface area contributed by atoms with Crippen molar-refractivity contribution in [3.05, 3.63) is 53.1 Å². The van der Waals surface area contributed by atoms with Crippen LogP contribution in [0.25, 0.3) is 0 Å². The molecule has 0 saturated carbocycles. The zero-order valence-corrected chi connectivity index (χ0v) is 15.7. The molecule has 1 heterocycles. The van der Waals surface area contributed by atoms with Gasteiger partial charge in [0.2, 0.25) is 0 Å². The van der Waals surface area contributed by atoms with Crippen LogP contribution < -0.4 is 15.2 Å². The summed E-state index contributed by atoms with van der Waals surface area (Å²) in [6, 6.07) is 13.0. The fourth-order valence-electron chi connectivity index (χ4n) is 3.07. The van der Waals surface area contributed by atoms with Gasteiger partial charge in [-0.1, -0.05) is 17.7 Å². The van der Waals surface area contributed by atoms with Gasteiger partial charge in [-0.05, 0) is 55.3 Å². The van der Waals surface area contributed by atoms with Crippen molar-refractivity contribution in [1.82, 2.24) is 4.90 Å². The van der Waals surface area contributed by atoms with Gasteiger partial charge >= 0.3 is 0 Å². The van der Waals surface area contributed by atoms with Crippen molar-refractivity contribution in [2.75, 3.05) is 32.0 Å². The molecule has 5 nitrogen and oxygen atoms in total. The van der Waals surface area contributed by atoms with Gasteiger partial charge in [-0.2, -0.15) is 0 Å². The minimum absolute atomic E-state index is 0.122. The molecular weight excluding hydrogens is 352 g/mol. The fourth-order valence-corrected chi connectivity index (χ4v) is 3.19. The lowest BCUT2D eigenvalue weighted by atomic mass is 10.2. The number of hydrogen-bond donors (Lipinski definition) is 2. The number of nitrogen functional groups attached to an aromatic ring is 1. The first-order valence-electron chi connectivity index (χ1n) is 8.81. The summed E-state index contributed by atoms with van der Waals surface area (Å²) in [5.41, 5.74) is 7.56. The monoisotopic (exact) mass is 376 g/mol. The maximum absolute atomic E-state index is 10.3. The van der Waals surface area contributed by atoms with Crippen molar-refractivity contribution in [3.8, 4) is 11.5 Å². The van der Waals surface area contributed by atoms with Crippen LogP contribution in [-0.4, -0.2) is 48.5 Å². The van der Waals surface area contributed by atoms with Crippen molar-refractivity contribution in [2.45, 2.75) is 25.6 Å². The van der Waals surface area contributed by atoms with Crippen LogP contribution in [0.3, 0.4) is 0 Å². The van der Waals surface area contributed by atoms with Crippen LogP contribution in [-0.2, 0) is 0 Å². The van der Waals surface area contributed by atoms with Crippen molar-refractivity contribution in [3.63, 3.8) is 0 Å². The quantitative estimate of drug-likeness (QED) is 0.727.